The molecule has 3 rings (SSSR count). The van der Waals surface area contributed by atoms with E-state index in [1.54, 1.807) is 30.5 Å². The molecule has 0 aliphatic heterocycles. The van der Waals surface area contributed by atoms with E-state index in [4.69, 9.17) is 9.15 Å². The molecule has 0 saturated heterocycles. The van der Waals surface area contributed by atoms with Crippen LogP contribution in [0.5, 0.6) is 5.75 Å². The van der Waals surface area contributed by atoms with Gasteiger partial charge in [-0.3, -0.25) is 4.79 Å². The van der Waals surface area contributed by atoms with Crippen molar-refractivity contribution >= 4 is 17.4 Å². The summed E-state index contributed by atoms with van der Waals surface area (Å²) in [4.78, 5) is 12.1. The highest BCUT2D eigenvalue weighted by Gasteiger charge is 2.10. The van der Waals surface area contributed by atoms with Crippen LogP contribution in [0.4, 0.5) is 11.5 Å². The zero-order chi connectivity index (χ0) is 17.5. The van der Waals surface area contributed by atoms with E-state index >= 15 is 0 Å². The van der Waals surface area contributed by atoms with Crippen molar-refractivity contribution in [2.45, 2.75) is 13.5 Å². The minimum absolute atomic E-state index is 0.232. The molecule has 0 aliphatic rings. The van der Waals surface area contributed by atoms with Gasteiger partial charge in [0.05, 0.1) is 25.1 Å². The number of carbonyl (C=O) groups is 1. The number of hydrogen-bond acceptors (Lipinski definition) is 6. The molecule has 2 N–H and O–H groups in total. The Morgan fingerprint density at radius 1 is 1.12 bits per heavy atom. The summed E-state index contributed by atoms with van der Waals surface area (Å²) < 4.78 is 10.7. The fraction of sp³-hybridized carbons (Fsp3) is 0.167. The summed E-state index contributed by atoms with van der Waals surface area (Å²) >= 11 is 0. The highest BCUT2D eigenvalue weighted by atomic mass is 16.5. The summed E-state index contributed by atoms with van der Waals surface area (Å²) in [5, 5.41) is 13.8. The highest BCUT2D eigenvalue weighted by molar-refractivity contribution is 5.92. The number of anilines is 2. The first-order valence-electron chi connectivity index (χ1n) is 7.89. The molecule has 1 amide bonds. The van der Waals surface area contributed by atoms with Crippen molar-refractivity contribution < 1.29 is 13.9 Å². The molecule has 0 unspecified atom stereocenters. The van der Waals surface area contributed by atoms with Crippen molar-refractivity contribution in [1.29, 1.82) is 0 Å². The monoisotopic (exact) mass is 338 g/mol. The first-order valence-corrected chi connectivity index (χ1v) is 7.89. The van der Waals surface area contributed by atoms with Crippen LogP contribution in [0.15, 0.2) is 59.2 Å². The van der Waals surface area contributed by atoms with Crippen LogP contribution < -0.4 is 15.4 Å². The molecule has 0 spiro atoms. The summed E-state index contributed by atoms with van der Waals surface area (Å²) in [5.41, 5.74) is 1.02. The Morgan fingerprint density at radius 3 is 2.72 bits per heavy atom. The van der Waals surface area contributed by atoms with Gasteiger partial charge in [0, 0.05) is 0 Å². The van der Waals surface area contributed by atoms with Crippen molar-refractivity contribution in [1.82, 2.24) is 15.5 Å². The predicted octanol–water partition coefficient (Wildman–Crippen LogP) is 3.14. The van der Waals surface area contributed by atoms with Crippen LogP contribution in [0.1, 0.15) is 23.2 Å². The van der Waals surface area contributed by atoms with Gasteiger partial charge < -0.3 is 19.8 Å². The highest BCUT2D eigenvalue weighted by Crippen LogP contribution is 2.26. The maximum absolute atomic E-state index is 12.1. The predicted molar refractivity (Wildman–Crippen MR) is 92.8 cm³/mol. The third-order valence-electron chi connectivity index (χ3n) is 3.35. The Kier molecular flexibility index (Phi) is 5.26. The van der Waals surface area contributed by atoms with Crippen LogP contribution in [-0.2, 0) is 6.54 Å². The van der Waals surface area contributed by atoms with Crippen LogP contribution in [0.25, 0.3) is 0 Å². The van der Waals surface area contributed by atoms with Crippen molar-refractivity contribution in [3.8, 4) is 5.75 Å². The van der Waals surface area contributed by atoms with E-state index in [0.717, 1.165) is 11.4 Å². The van der Waals surface area contributed by atoms with E-state index in [1.165, 1.54) is 0 Å². The Morgan fingerprint density at radius 2 is 2.00 bits per heavy atom. The Balaban J connectivity index is 1.63. The fourth-order valence-corrected chi connectivity index (χ4v) is 2.18. The van der Waals surface area contributed by atoms with Gasteiger partial charge in [0.15, 0.2) is 11.5 Å². The number of rotatable bonds is 7. The van der Waals surface area contributed by atoms with Crippen molar-refractivity contribution in [3.05, 3.63) is 66.2 Å². The molecule has 1 aromatic carbocycles. The van der Waals surface area contributed by atoms with E-state index in [-0.39, 0.29) is 11.6 Å². The lowest BCUT2D eigenvalue weighted by Crippen LogP contribution is -2.23. The number of para-hydroxylation sites is 2. The Bertz CT molecular complexity index is 817. The molecule has 0 saturated carbocycles. The molecule has 7 heteroatoms. The lowest BCUT2D eigenvalue weighted by Gasteiger charge is -2.11. The largest absolute Gasteiger partial charge is 0.492 e. The van der Waals surface area contributed by atoms with Crippen LogP contribution in [0.3, 0.4) is 0 Å². The second-order valence-corrected chi connectivity index (χ2v) is 5.12. The van der Waals surface area contributed by atoms with Gasteiger partial charge in [-0.15, -0.1) is 10.2 Å². The van der Waals surface area contributed by atoms with Crippen LogP contribution in [0, 0.1) is 0 Å². The second-order valence-electron chi connectivity index (χ2n) is 5.12. The van der Waals surface area contributed by atoms with E-state index in [2.05, 4.69) is 20.8 Å². The smallest absolute Gasteiger partial charge is 0.272 e. The molecule has 0 atom stereocenters. The number of hydrogen-bond donors (Lipinski definition) is 2. The third-order valence-corrected chi connectivity index (χ3v) is 3.35. The van der Waals surface area contributed by atoms with Gasteiger partial charge in [-0.25, -0.2) is 0 Å². The third kappa shape index (κ3) is 4.35. The molecule has 3 aromatic rings. The SMILES string of the molecule is CCOc1ccccc1Nc1ccc(C(=O)NCc2ccco2)nn1. The summed E-state index contributed by atoms with van der Waals surface area (Å²) in [5.74, 6) is 1.61. The molecule has 25 heavy (non-hydrogen) atoms. The lowest BCUT2D eigenvalue weighted by atomic mass is 10.3. The molecule has 0 bridgehead atoms. The maximum atomic E-state index is 12.1. The van der Waals surface area contributed by atoms with Gasteiger partial charge in [0.2, 0.25) is 0 Å². The van der Waals surface area contributed by atoms with Gasteiger partial charge >= 0.3 is 0 Å². The molecule has 7 nitrogen and oxygen atoms in total. The topological polar surface area (TPSA) is 89.3 Å². The number of furan rings is 1. The fourth-order valence-electron chi connectivity index (χ4n) is 2.18. The normalized spacial score (nSPS) is 10.3. The molecule has 2 heterocycles. The number of amides is 1. The number of ether oxygens (including phenoxy) is 1. The van der Waals surface area contributed by atoms with E-state index in [9.17, 15) is 4.79 Å². The summed E-state index contributed by atoms with van der Waals surface area (Å²) in [7, 11) is 0. The number of benzene rings is 1. The van der Waals surface area contributed by atoms with Crippen LogP contribution in [0.2, 0.25) is 0 Å². The molecule has 2 aromatic heterocycles. The van der Waals surface area contributed by atoms with Crippen molar-refractivity contribution in [2.24, 2.45) is 0 Å². The zero-order valence-corrected chi connectivity index (χ0v) is 13.7. The lowest BCUT2D eigenvalue weighted by molar-refractivity contribution is 0.0942. The van der Waals surface area contributed by atoms with Crippen molar-refractivity contribution in [2.75, 3.05) is 11.9 Å². The summed E-state index contributed by atoms with van der Waals surface area (Å²) in [6.07, 6.45) is 1.56. The van der Waals surface area contributed by atoms with Gasteiger partial charge in [0.1, 0.15) is 11.5 Å². The van der Waals surface area contributed by atoms with Gasteiger partial charge in [0.25, 0.3) is 5.91 Å². The molecule has 128 valence electrons. The van der Waals surface area contributed by atoms with Crippen LogP contribution in [-0.4, -0.2) is 22.7 Å². The molecule has 0 aliphatic carbocycles. The zero-order valence-electron chi connectivity index (χ0n) is 13.7. The Labute approximate surface area is 145 Å². The molecule has 0 radical (unpaired) electrons. The van der Waals surface area contributed by atoms with Crippen molar-refractivity contribution in [3.63, 3.8) is 0 Å². The van der Waals surface area contributed by atoms with Gasteiger partial charge in [-0.05, 0) is 43.3 Å². The molecular weight excluding hydrogens is 320 g/mol. The first kappa shape index (κ1) is 16.5. The first-order chi connectivity index (χ1) is 12.3. The van der Waals surface area contributed by atoms with Gasteiger partial charge in [-0.1, -0.05) is 12.1 Å². The number of aromatic nitrogens is 2. The minimum atomic E-state index is -0.315. The summed E-state index contributed by atoms with van der Waals surface area (Å²) in [6.45, 7) is 2.79. The van der Waals surface area contributed by atoms with E-state index in [0.29, 0.717) is 24.7 Å². The van der Waals surface area contributed by atoms with Gasteiger partial charge in [-0.2, -0.15) is 0 Å². The van der Waals surface area contributed by atoms with Crippen LogP contribution >= 0.6 is 0 Å². The number of nitrogens with zero attached hydrogens (tertiary/aromatic N) is 2. The minimum Gasteiger partial charge on any atom is -0.492 e. The maximum Gasteiger partial charge on any atom is 0.272 e. The van der Waals surface area contributed by atoms with E-state index in [1.807, 2.05) is 31.2 Å². The average molecular weight is 338 g/mol. The number of nitrogens with one attached hydrogen (secondary N) is 2. The Hall–Kier alpha value is -3.35. The van der Waals surface area contributed by atoms with E-state index < -0.39 is 0 Å². The molecule has 0 fully saturated rings. The number of carbonyl (C=O) groups excluding carboxylic acids is 1. The standard InChI is InChI=1S/C18H18N4O3/c1-2-24-16-8-4-3-7-14(16)20-17-10-9-15(21-22-17)18(23)19-12-13-6-5-11-25-13/h3-11H,2,12H2,1H3,(H,19,23)(H,20,22). The summed E-state index contributed by atoms with van der Waals surface area (Å²) in [6, 6.07) is 14.4. The molecular formula is C18H18N4O3. The second kappa shape index (κ2) is 7.96. The quantitative estimate of drug-likeness (QED) is 0.688. The average Bonchev–Trinajstić information content (AvgIpc) is 3.16.